The molecule has 12 heavy (non-hydrogen) atoms. The fourth-order valence-corrected chi connectivity index (χ4v) is 1.68. The van der Waals surface area contributed by atoms with Gasteiger partial charge in [-0.05, 0) is 25.1 Å². The Kier molecular flexibility index (Phi) is 2.95. The zero-order valence-corrected chi connectivity index (χ0v) is 7.82. The van der Waals surface area contributed by atoms with Crippen LogP contribution in [0.25, 0.3) is 0 Å². The van der Waals surface area contributed by atoms with Crippen molar-refractivity contribution in [2.75, 3.05) is 0 Å². The van der Waals surface area contributed by atoms with Crippen molar-refractivity contribution in [3.63, 3.8) is 0 Å². The minimum absolute atomic E-state index is 0.300. The standard InChI is InChI=1S/C8H11NO2S/c1-7(10)11-8(9-6-12)4-2-3-5-8/h2-5H2,1H3. The van der Waals surface area contributed by atoms with Crippen LogP contribution in [0.3, 0.4) is 0 Å². The van der Waals surface area contributed by atoms with E-state index in [4.69, 9.17) is 4.74 Å². The molecule has 0 amide bonds. The molecule has 1 aliphatic rings. The Bertz CT molecular complexity index is 227. The van der Waals surface area contributed by atoms with E-state index in [0.29, 0.717) is 0 Å². The van der Waals surface area contributed by atoms with Gasteiger partial charge in [-0.1, -0.05) is 0 Å². The minimum atomic E-state index is -0.673. The third-order valence-corrected chi connectivity index (χ3v) is 2.06. The molecule has 0 heterocycles. The highest BCUT2D eigenvalue weighted by Gasteiger charge is 2.36. The maximum atomic E-state index is 10.7. The van der Waals surface area contributed by atoms with E-state index in [9.17, 15) is 4.79 Å². The molecule has 0 spiro atoms. The van der Waals surface area contributed by atoms with Crippen LogP contribution in [0.15, 0.2) is 4.99 Å². The summed E-state index contributed by atoms with van der Waals surface area (Å²) in [5.74, 6) is -0.300. The maximum absolute atomic E-state index is 10.7. The van der Waals surface area contributed by atoms with Gasteiger partial charge in [-0.25, -0.2) is 0 Å². The van der Waals surface area contributed by atoms with Gasteiger partial charge in [0.1, 0.15) is 0 Å². The molecule has 1 rings (SSSR count). The third kappa shape index (κ3) is 2.13. The summed E-state index contributed by atoms with van der Waals surface area (Å²) >= 11 is 4.51. The lowest BCUT2D eigenvalue weighted by molar-refractivity contribution is -0.155. The molecule has 0 unspecified atom stereocenters. The van der Waals surface area contributed by atoms with Gasteiger partial charge in [0, 0.05) is 19.8 Å². The quantitative estimate of drug-likeness (QED) is 0.375. The average Bonchev–Trinajstić information content (AvgIpc) is 2.36. The summed E-state index contributed by atoms with van der Waals surface area (Å²) in [7, 11) is 0. The number of nitrogens with zero attached hydrogens (tertiary/aromatic N) is 1. The van der Waals surface area contributed by atoms with E-state index in [1.807, 2.05) is 0 Å². The van der Waals surface area contributed by atoms with Crippen LogP contribution < -0.4 is 0 Å². The van der Waals surface area contributed by atoms with E-state index < -0.39 is 5.72 Å². The molecule has 4 heteroatoms. The highest BCUT2D eigenvalue weighted by atomic mass is 32.1. The van der Waals surface area contributed by atoms with Crippen LogP contribution in [0.5, 0.6) is 0 Å². The largest absolute Gasteiger partial charge is 0.437 e. The summed E-state index contributed by atoms with van der Waals surface area (Å²) in [6, 6.07) is 0. The molecule has 0 N–H and O–H groups in total. The van der Waals surface area contributed by atoms with Gasteiger partial charge in [-0.2, -0.15) is 4.99 Å². The van der Waals surface area contributed by atoms with Crippen molar-refractivity contribution >= 4 is 23.3 Å². The normalized spacial score (nSPS) is 19.8. The van der Waals surface area contributed by atoms with Crippen molar-refractivity contribution in [3.8, 4) is 0 Å². The Balaban J connectivity index is 2.71. The van der Waals surface area contributed by atoms with Crippen LogP contribution in [0, 0.1) is 0 Å². The van der Waals surface area contributed by atoms with Crippen molar-refractivity contribution in [1.82, 2.24) is 0 Å². The molecule has 0 aromatic rings. The van der Waals surface area contributed by atoms with Gasteiger partial charge in [0.25, 0.3) is 0 Å². The van der Waals surface area contributed by atoms with Gasteiger partial charge in [-0.15, -0.1) is 0 Å². The first kappa shape index (κ1) is 9.36. The Morgan fingerprint density at radius 1 is 1.58 bits per heavy atom. The van der Waals surface area contributed by atoms with E-state index in [-0.39, 0.29) is 5.97 Å². The average molecular weight is 185 g/mol. The van der Waals surface area contributed by atoms with Crippen LogP contribution in [0.4, 0.5) is 0 Å². The van der Waals surface area contributed by atoms with Crippen LogP contribution in [0.2, 0.25) is 0 Å². The number of aliphatic imine (C=N–C) groups is 1. The molecule has 0 aromatic heterocycles. The van der Waals surface area contributed by atoms with Crippen molar-refractivity contribution in [2.45, 2.75) is 38.3 Å². The topological polar surface area (TPSA) is 38.7 Å². The van der Waals surface area contributed by atoms with Gasteiger partial charge >= 0.3 is 5.97 Å². The van der Waals surface area contributed by atoms with Gasteiger partial charge in [0.15, 0.2) is 0 Å². The van der Waals surface area contributed by atoms with Crippen LogP contribution >= 0.6 is 12.2 Å². The minimum Gasteiger partial charge on any atom is -0.437 e. The number of isothiocyanates is 1. The highest BCUT2D eigenvalue weighted by molar-refractivity contribution is 7.78. The summed E-state index contributed by atoms with van der Waals surface area (Å²) in [6.45, 7) is 1.39. The number of hydrogen-bond acceptors (Lipinski definition) is 4. The smallest absolute Gasteiger partial charge is 0.304 e. The third-order valence-electron chi connectivity index (χ3n) is 1.97. The zero-order valence-electron chi connectivity index (χ0n) is 7.00. The molecule has 1 aliphatic carbocycles. The van der Waals surface area contributed by atoms with Gasteiger partial charge in [-0.3, -0.25) is 4.79 Å². The monoisotopic (exact) mass is 185 g/mol. The van der Waals surface area contributed by atoms with Crippen LogP contribution in [-0.4, -0.2) is 16.9 Å². The SMILES string of the molecule is CC(=O)OC1(N=C=S)CCCC1. The number of thiocarbonyl (C=S) groups is 1. The van der Waals surface area contributed by atoms with Crippen LogP contribution in [0.1, 0.15) is 32.6 Å². The second-order valence-corrected chi connectivity index (χ2v) is 3.13. The number of hydrogen-bond donors (Lipinski definition) is 0. The Morgan fingerprint density at radius 2 is 2.17 bits per heavy atom. The summed E-state index contributed by atoms with van der Waals surface area (Å²) in [5, 5.41) is 2.29. The predicted octanol–water partition coefficient (Wildman–Crippen LogP) is 1.92. The van der Waals surface area contributed by atoms with Crippen molar-refractivity contribution < 1.29 is 9.53 Å². The number of ether oxygens (including phenoxy) is 1. The number of carbonyl (C=O) groups excluding carboxylic acids is 1. The van der Waals surface area contributed by atoms with Crippen molar-refractivity contribution in [1.29, 1.82) is 0 Å². The van der Waals surface area contributed by atoms with E-state index in [1.54, 1.807) is 0 Å². The van der Waals surface area contributed by atoms with Gasteiger partial charge < -0.3 is 4.74 Å². The lowest BCUT2D eigenvalue weighted by Gasteiger charge is -2.21. The molecule has 66 valence electrons. The van der Waals surface area contributed by atoms with Gasteiger partial charge in [0.2, 0.25) is 5.72 Å². The Morgan fingerprint density at radius 3 is 2.58 bits per heavy atom. The fourth-order valence-electron chi connectivity index (χ4n) is 1.51. The first-order chi connectivity index (χ1) is 5.68. The summed E-state index contributed by atoms with van der Waals surface area (Å²) < 4.78 is 5.10. The lowest BCUT2D eigenvalue weighted by atomic mass is 10.2. The molecular weight excluding hydrogens is 174 g/mol. The van der Waals surface area contributed by atoms with E-state index in [0.717, 1.165) is 25.7 Å². The molecule has 0 saturated heterocycles. The van der Waals surface area contributed by atoms with Gasteiger partial charge in [0.05, 0.1) is 5.16 Å². The number of carbonyl (C=O) groups is 1. The second kappa shape index (κ2) is 3.78. The lowest BCUT2D eigenvalue weighted by Crippen LogP contribution is -2.28. The van der Waals surface area contributed by atoms with Crippen LogP contribution in [-0.2, 0) is 9.53 Å². The summed E-state index contributed by atoms with van der Waals surface area (Å²) in [5.41, 5.74) is -0.673. The molecule has 0 aliphatic heterocycles. The van der Waals surface area contributed by atoms with E-state index in [1.165, 1.54) is 6.92 Å². The second-order valence-electron chi connectivity index (χ2n) is 2.95. The zero-order chi connectivity index (χ0) is 9.03. The molecule has 0 atom stereocenters. The van der Waals surface area contributed by atoms with E-state index >= 15 is 0 Å². The Labute approximate surface area is 76.8 Å². The number of rotatable bonds is 2. The summed E-state index contributed by atoms with van der Waals surface area (Å²) in [6.07, 6.45) is 3.62. The molecule has 0 bridgehead atoms. The molecule has 1 saturated carbocycles. The summed E-state index contributed by atoms with van der Waals surface area (Å²) in [4.78, 5) is 14.7. The van der Waals surface area contributed by atoms with Crippen molar-refractivity contribution in [3.05, 3.63) is 0 Å². The maximum Gasteiger partial charge on any atom is 0.304 e. The Hall–Kier alpha value is -0.730. The fraction of sp³-hybridized carbons (Fsp3) is 0.750. The highest BCUT2D eigenvalue weighted by Crippen LogP contribution is 2.34. The van der Waals surface area contributed by atoms with E-state index in [2.05, 4.69) is 22.4 Å². The number of esters is 1. The molecule has 1 fully saturated rings. The first-order valence-electron chi connectivity index (χ1n) is 3.97. The molecular formula is C8H11NO2S. The molecule has 0 aromatic carbocycles. The molecule has 0 radical (unpaired) electrons. The van der Waals surface area contributed by atoms with Crippen molar-refractivity contribution in [2.24, 2.45) is 4.99 Å². The molecule has 3 nitrogen and oxygen atoms in total. The predicted molar refractivity (Wildman–Crippen MR) is 48.0 cm³/mol. The first-order valence-corrected chi connectivity index (χ1v) is 4.38.